The van der Waals surface area contributed by atoms with Gasteiger partial charge in [-0.2, -0.15) is 0 Å². The fraction of sp³-hybridized carbons (Fsp3) is 0.278. The average molecular weight is 298 g/mol. The smallest absolute Gasteiger partial charge is 0.349 e. The van der Waals surface area contributed by atoms with Gasteiger partial charge in [-0.05, 0) is 24.6 Å². The number of fused-ring (bicyclic) bond motifs is 1. The molecule has 0 spiro atoms. The van der Waals surface area contributed by atoms with E-state index in [2.05, 4.69) is 0 Å². The lowest BCUT2D eigenvalue weighted by Crippen LogP contribution is -2.39. The fourth-order valence-electron chi connectivity index (χ4n) is 2.32. The number of hydrogen-bond donors (Lipinski definition) is 0. The summed E-state index contributed by atoms with van der Waals surface area (Å²) in [5, 5.41) is 0. The number of rotatable bonds is 3. The van der Waals surface area contributed by atoms with Gasteiger partial charge in [-0.1, -0.05) is 35.9 Å². The van der Waals surface area contributed by atoms with Gasteiger partial charge < -0.3 is 14.2 Å². The van der Waals surface area contributed by atoms with Crippen molar-refractivity contribution < 1.29 is 19.0 Å². The molecule has 2 aromatic rings. The molecule has 0 N–H and O–H groups in total. The number of carbonyl (C=O) groups excluding carboxylic acids is 1. The summed E-state index contributed by atoms with van der Waals surface area (Å²) in [6, 6.07) is 13.4. The molecule has 0 radical (unpaired) electrons. The Balaban J connectivity index is 1.84. The highest BCUT2D eigenvalue weighted by Gasteiger charge is 2.36. The molecular formula is C18H18O4. The van der Waals surface area contributed by atoms with Crippen molar-refractivity contribution in [2.75, 3.05) is 0 Å². The predicted molar refractivity (Wildman–Crippen MR) is 82.1 cm³/mol. The van der Waals surface area contributed by atoms with Crippen molar-refractivity contribution in [2.24, 2.45) is 0 Å². The van der Waals surface area contributed by atoms with Crippen molar-refractivity contribution >= 4 is 5.97 Å². The molecule has 1 aliphatic heterocycles. The average Bonchev–Trinajstić information content (AvgIpc) is 2.45. The van der Waals surface area contributed by atoms with E-state index >= 15 is 0 Å². The third-order valence-corrected chi connectivity index (χ3v) is 3.40. The number of esters is 1. The molecule has 3 rings (SSSR count). The molecule has 4 nitrogen and oxygen atoms in total. The van der Waals surface area contributed by atoms with E-state index in [1.165, 1.54) is 5.56 Å². The second-order valence-corrected chi connectivity index (χ2v) is 5.79. The number of carbonyl (C=O) groups is 1. The Morgan fingerprint density at radius 1 is 1.05 bits per heavy atom. The highest BCUT2D eigenvalue weighted by atomic mass is 16.7. The Morgan fingerprint density at radius 3 is 2.50 bits per heavy atom. The van der Waals surface area contributed by atoms with Gasteiger partial charge in [0.05, 0.1) is 0 Å². The van der Waals surface area contributed by atoms with Crippen molar-refractivity contribution in [1.82, 2.24) is 0 Å². The van der Waals surface area contributed by atoms with Crippen LogP contribution < -0.4 is 9.47 Å². The van der Waals surface area contributed by atoms with Crippen molar-refractivity contribution in [3.8, 4) is 11.5 Å². The van der Waals surface area contributed by atoms with E-state index < -0.39 is 11.8 Å². The molecule has 0 saturated carbocycles. The topological polar surface area (TPSA) is 44.8 Å². The van der Waals surface area contributed by atoms with Gasteiger partial charge in [0, 0.05) is 13.8 Å². The number of cyclic esters (lactones) is 1. The van der Waals surface area contributed by atoms with Crippen LogP contribution in [0.1, 0.15) is 35.3 Å². The monoisotopic (exact) mass is 298 g/mol. The van der Waals surface area contributed by atoms with Crippen LogP contribution in [-0.2, 0) is 11.3 Å². The van der Waals surface area contributed by atoms with Crippen LogP contribution in [0.2, 0.25) is 0 Å². The second kappa shape index (κ2) is 5.37. The van der Waals surface area contributed by atoms with E-state index in [1.807, 2.05) is 31.2 Å². The lowest BCUT2D eigenvalue weighted by molar-refractivity contribution is -0.127. The van der Waals surface area contributed by atoms with Crippen LogP contribution in [0.5, 0.6) is 11.5 Å². The molecule has 1 aliphatic rings. The van der Waals surface area contributed by atoms with E-state index in [-0.39, 0.29) is 0 Å². The van der Waals surface area contributed by atoms with Crippen LogP contribution >= 0.6 is 0 Å². The van der Waals surface area contributed by atoms with Gasteiger partial charge in [-0.25, -0.2) is 4.79 Å². The SMILES string of the molecule is Cc1ccc(COc2cccc3c2C(=O)OC(C)(C)O3)cc1. The van der Waals surface area contributed by atoms with Crippen molar-refractivity contribution in [2.45, 2.75) is 33.2 Å². The first-order chi connectivity index (χ1) is 10.4. The Bertz CT molecular complexity index is 702. The van der Waals surface area contributed by atoms with Gasteiger partial charge in [0.1, 0.15) is 23.7 Å². The molecule has 0 amide bonds. The first-order valence-corrected chi connectivity index (χ1v) is 7.18. The summed E-state index contributed by atoms with van der Waals surface area (Å²) in [6.45, 7) is 5.82. The summed E-state index contributed by atoms with van der Waals surface area (Å²) in [5.41, 5.74) is 2.57. The quantitative estimate of drug-likeness (QED) is 0.807. The van der Waals surface area contributed by atoms with E-state index in [0.717, 1.165) is 5.56 Å². The van der Waals surface area contributed by atoms with Crippen LogP contribution in [0.25, 0.3) is 0 Å². The Kier molecular flexibility index (Phi) is 3.53. The van der Waals surface area contributed by atoms with Gasteiger partial charge in [0.25, 0.3) is 0 Å². The zero-order valence-electron chi connectivity index (χ0n) is 12.9. The van der Waals surface area contributed by atoms with Gasteiger partial charge in [0.2, 0.25) is 5.79 Å². The minimum Gasteiger partial charge on any atom is -0.488 e. The molecule has 0 aliphatic carbocycles. The summed E-state index contributed by atoms with van der Waals surface area (Å²) in [5.74, 6) is -0.424. The third-order valence-electron chi connectivity index (χ3n) is 3.40. The van der Waals surface area contributed by atoms with Crippen molar-refractivity contribution in [3.63, 3.8) is 0 Å². The van der Waals surface area contributed by atoms with Gasteiger partial charge >= 0.3 is 5.97 Å². The molecule has 22 heavy (non-hydrogen) atoms. The van der Waals surface area contributed by atoms with Crippen LogP contribution in [0.3, 0.4) is 0 Å². The molecule has 0 fully saturated rings. The molecule has 2 aromatic carbocycles. The number of hydrogen-bond acceptors (Lipinski definition) is 4. The minimum atomic E-state index is -0.959. The standard InChI is InChI=1S/C18H18O4/c1-12-7-9-13(10-8-12)11-20-14-5-4-6-15-16(14)17(19)22-18(2,3)21-15/h4-10H,11H2,1-3H3. The molecule has 0 saturated heterocycles. The summed E-state index contributed by atoms with van der Waals surface area (Å²) >= 11 is 0. The van der Waals surface area contributed by atoms with E-state index in [1.54, 1.807) is 32.0 Å². The number of benzene rings is 2. The Morgan fingerprint density at radius 2 is 1.77 bits per heavy atom. The maximum atomic E-state index is 12.2. The number of aryl methyl sites for hydroxylation is 1. The first kappa shape index (κ1) is 14.4. The van der Waals surface area contributed by atoms with Crippen molar-refractivity contribution in [1.29, 1.82) is 0 Å². The maximum Gasteiger partial charge on any atom is 0.349 e. The summed E-state index contributed by atoms with van der Waals surface area (Å²) in [4.78, 5) is 12.2. The van der Waals surface area contributed by atoms with Crippen LogP contribution in [0.15, 0.2) is 42.5 Å². The van der Waals surface area contributed by atoms with Crippen LogP contribution in [-0.4, -0.2) is 11.8 Å². The number of ether oxygens (including phenoxy) is 3. The molecule has 0 unspecified atom stereocenters. The molecule has 114 valence electrons. The fourth-order valence-corrected chi connectivity index (χ4v) is 2.32. The van der Waals surface area contributed by atoms with Gasteiger partial charge in [-0.15, -0.1) is 0 Å². The molecule has 0 aromatic heterocycles. The minimum absolute atomic E-state index is 0.342. The van der Waals surface area contributed by atoms with Gasteiger partial charge in [-0.3, -0.25) is 0 Å². The van der Waals surface area contributed by atoms with Gasteiger partial charge in [0.15, 0.2) is 0 Å². The second-order valence-electron chi connectivity index (χ2n) is 5.79. The third kappa shape index (κ3) is 2.91. The molecule has 0 atom stereocenters. The Labute approximate surface area is 129 Å². The summed E-state index contributed by atoms with van der Waals surface area (Å²) < 4.78 is 16.7. The predicted octanol–water partition coefficient (Wildman–Crippen LogP) is 3.86. The maximum absolute atomic E-state index is 12.2. The molecular weight excluding hydrogens is 280 g/mol. The summed E-state index contributed by atoms with van der Waals surface area (Å²) in [7, 11) is 0. The molecule has 4 heteroatoms. The molecule has 1 heterocycles. The highest BCUT2D eigenvalue weighted by molar-refractivity contribution is 5.96. The Hall–Kier alpha value is -2.49. The van der Waals surface area contributed by atoms with Crippen LogP contribution in [0, 0.1) is 6.92 Å². The highest BCUT2D eigenvalue weighted by Crippen LogP contribution is 2.37. The normalized spacial score (nSPS) is 15.5. The van der Waals surface area contributed by atoms with E-state index in [4.69, 9.17) is 14.2 Å². The lowest BCUT2D eigenvalue weighted by Gasteiger charge is -2.32. The summed E-state index contributed by atoms with van der Waals surface area (Å²) in [6.07, 6.45) is 0. The van der Waals surface area contributed by atoms with E-state index in [0.29, 0.717) is 23.7 Å². The zero-order valence-corrected chi connectivity index (χ0v) is 12.9. The van der Waals surface area contributed by atoms with E-state index in [9.17, 15) is 4.79 Å². The molecule has 0 bridgehead atoms. The van der Waals surface area contributed by atoms with Crippen LogP contribution in [0.4, 0.5) is 0 Å². The lowest BCUT2D eigenvalue weighted by atomic mass is 10.1. The zero-order chi connectivity index (χ0) is 15.7. The van der Waals surface area contributed by atoms with Crippen molar-refractivity contribution in [3.05, 3.63) is 59.2 Å². The largest absolute Gasteiger partial charge is 0.488 e. The first-order valence-electron chi connectivity index (χ1n) is 7.18.